The minimum atomic E-state index is 0.580. The molecule has 14 heavy (non-hydrogen) atoms. The minimum Gasteiger partial charge on any atom is -0.312 e. The minimum absolute atomic E-state index is 0.580. The van der Waals surface area contributed by atoms with Gasteiger partial charge >= 0.3 is 0 Å². The van der Waals surface area contributed by atoms with E-state index in [9.17, 15) is 0 Å². The lowest BCUT2D eigenvalue weighted by Gasteiger charge is -2.12. The Balaban J connectivity index is 2.38. The fourth-order valence-electron chi connectivity index (χ4n) is 1.80. The van der Waals surface area contributed by atoms with Gasteiger partial charge in [0.05, 0.1) is 5.39 Å². The lowest BCUT2D eigenvalue weighted by molar-refractivity contribution is 0.656. The van der Waals surface area contributed by atoms with Crippen LogP contribution in [-0.4, -0.2) is 16.5 Å². The summed E-state index contributed by atoms with van der Waals surface area (Å²) in [4.78, 5) is 10.7. The van der Waals surface area contributed by atoms with E-state index in [0.29, 0.717) is 5.15 Å². The molecule has 2 aromatic heterocycles. The van der Waals surface area contributed by atoms with Crippen LogP contribution in [0.25, 0.3) is 10.2 Å². The zero-order valence-electron chi connectivity index (χ0n) is 7.38. The molecular formula is C9H8ClN3S. The van der Waals surface area contributed by atoms with Gasteiger partial charge in [-0.1, -0.05) is 11.6 Å². The van der Waals surface area contributed by atoms with Gasteiger partial charge in [-0.2, -0.15) is 0 Å². The Labute approximate surface area is 90.1 Å². The van der Waals surface area contributed by atoms with Gasteiger partial charge in [-0.15, -0.1) is 11.3 Å². The van der Waals surface area contributed by atoms with Gasteiger partial charge in [0, 0.05) is 18.0 Å². The summed E-state index contributed by atoms with van der Waals surface area (Å²) in [6, 6.07) is 0. The zero-order chi connectivity index (χ0) is 9.54. The van der Waals surface area contributed by atoms with E-state index < -0.39 is 0 Å². The number of nitrogens with one attached hydrogen (secondary N) is 1. The van der Waals surface area contributed by atoms with Crippen LogP contribution >= 0.6 is 22.9 Å². The van der Waals surface area contributed by atoms with Gasteiger partial charge in [0.25, 0.3) is 0 Å². The molecule has 1 aliphatic heterocycles. The van der Waals surface area contributed by atoms with Crippen LogP contribution in [0.3, 0.4) is 0 Å². The predicted molar refractivity (Wildman–Crippen MR) is 57.8 cm³/mol. The molecular weight excluding hydrogens is 218 g/mol. The first kappa shape index (κ1) is 8.59. The maximum atomic E-state index is 6.06. The second-order valence-corrected chi connectivity index (χ2v) is 4.72. The van der Waals surface area contributed by atoms with E-state index in [-0.39, 0.29) is 0 Å². The number of halogens is 1. The van der Waals surface area contributed by atoms with Gasteiger partial charge < -0.3 is 5.32 Å². The lowest BCUT2D eigenvalue weighted by atomic mass is 10.1. The third-order valence-corrected chi connectivity index (χ3v) is 3.94. The van der Waals surface area contributed by atoms with Crippen LogP contribution in [0.1, 0.15) is 10.4 Å². The molecule has 0 atom stereocenters. The van der Waals surface area contributed by atoms with E-state index in [2.05, 4.69) is 15.3 Å². The van der Waals surface area contributed by atoms with E-state index in [1.54, 1.807) is 11.3 Å². The first-order valence-corrected chi connectivity index (χ1v) is 5.67. The van der Waals surface area contributed by atoms with Crippen LogP contribution in [0.2, 0.25) is 5.15 Å². The Morgan fingerprint density at radius 1 is 1.43 bits per heavy atom. The molecule has 2 aromatic rings. The summed E-state index contributed by atoms with van der Waals surface area (Å²) in [5.41, 5.74) is 1.29. The Hall–Kier alpha value is -0.710. The average Bonchev–Trinajstić information content (AvgIpc) is 2.57. The maximum absolute atomic E-state index is 6.06. The van der Waals surface area contributed by atoms with E-state index in [4.69, 9.17) is 11.6 Å². The normalized spacial score (nSPS) is 15.8. The van der Waals surface area contributed by atoms with Crippen molar-refractivity contribution in [3.05, 3.63) is 21.9 Å². The molecule has 3 heterocycles. The van der Waals surface area contributed by atoms with Crippen molar-refractivity contribution in [1.29, 1.82) is 0 Å². The molecule has 0 saturated heterocycles. The number of rotatable bonds is 0. The lowest BCUT2D eigenvalue weighted by Crippen LogP contribution is -2.22. The van der Waals surface area contributed by atoms with Crippen LogP contribution in [0, 0.1) is 0 Å². The topological polar surface area (TPSA) is 37.8 Å². The van der Waals surface area contributed by atoms with Crippen molar-refractivity contribution in [3.8, 4) is 0 Å². The van der Waals surface area contributed by atoms with Gasteiger partial charge in [0.2, 0.25) is 0 Å². The molecule has 1 N–H and O–H groups in total. The summed E-state index contributed by atoms with van der Waals surface area (Å²) >= 11 is 7.80. The van der Waals surface area contributed by atoms with Crippen molar-refractivity contribution < 1.29 is 0 Å². The zero-order valence-corrected chi connectivity index (χ0v) is 8.95. The van der Waals surface area contributed by atoms with Crippen molar-refractivity contribution in [3.63, 3.8) is 0 Å². The molecule has 0 bridgehead atoms. The largest absolute Gasteiger partial charge is 0.312 e. The average molecular weight is 226 g/mol. The number of thiophene rings is 1. The molecule has 0 radical (unpaired) electrons. The first-order chi connectivity index (χ1) is 6.86. The fraction of sp³-hybridized carbons (Fsp3) is 0.333. The van der Waals surface area contributed by atoms with Gasteiger partial charge in [-0.05, 0) is 12.0 Å². The number of nitrogens with zero attached hydrogens (tertiary/aromatic N) is 2. The number of hydrogen-bond acceptors (Lipinski definition) is 4. The van der Waals surface area contributed by atoms with Crippen molar-refractivity contribution in [2.24, 2.45) is 0 Å². The first-order valence-electron chi connectivity index (χ1n) is 4.48. The summed E-state index contributed by atoms with van der Waals surface area (Å²) in [5, 5.41) is 4.96. The van der Waals surface area contributed by atoms with Gasteiger partial charge in [0.15, 0.2) is 0 Å². The second kappa shape index (κ2) is 3.15. The van der Waals surface area contributed by atoms with Crippen molar-refractivity contribution >= 4 is 33.2 Å². The molecule has 5 heteroatoms. The molecule has 0 amide bonds. The summed E-state index contributed by atoms with van der Waals surface area (Å²) in [5.74, 6) is 0. The molecule has 0 fully saturated rings. The van der Waals surface area contributed by atoms with Crippen LogP contribution in [0.5, 0.6) is 0 Å². The fourth-order valence-corrected chi connectivity index (χ4v) is 3.26. The summed E-state index contributed by atoms with van der Waals surface area (Å²) in [6.07, 6.45) is 2.60. The summed E-state index contributed by atoms with van der Waals surface area (Å²) in [6.45, 7) is 1.94. The SMILES string of the molecule is Clc1ncnc2sc3c(c12)CNCC3. The molecule has 0 spiro atoms. The molecule has 72 valence electrons. The van der Waals surface area contributed by atoms with Gasteiger partial charge in [-0.3, -0.25) is 0 Å². The third-order valence-electron chi connectivity index (χ3n) is 2.46. The molecule has 1 aliphatic rings. The van der Waals surface area contributed by atoms with E-state index in [0.717, 1.165) is 29.7 Å². The molecule has 3 rings (SSSR count). The summed E-state index contributed by atoms with van der Waals surface area (Å²) < 4.78 is 0. The highest BCUT2D eigenvalue weighted by atomic mass is 35.5. The predicted octanol–water partition coefficient (Wildman–Crippen LogP) is 1.99. The Morgan fingerprint density at radius 3 is 3.29 bits per heavy atom. The van der Waals surface area contributed by atoms with Gasteiger partial charge in [0.1, 0.15) is 16.3 Å². The highest BCUT2D eigenvalue weighted by Gasteiger charge is 2.18. The summed E-state index contributed by atoms with van der Waals surface area (Å²) in [7, 11) is 0. The van der Waals surface area contributed by atoms with Crippen LogP contribution in [0.15, 0.2) is 6.33 Å². The maximum Gasteiger partial charge on any atom is 0.141 e. The van der Waals surface area contributed by atoms with E-state index >= 15 is 0 Å². The van der Waals surface area contributed by atoms with Crippen molar-refractivity contribution in [1.82, 2.24) is 15.3 Å². The van der Waals surface area contributed by atoms with Crippen molar-refractivity contribution in [2.75, 3.05) is 6.54 Å². The number of fused-ring (bicyclic) bond motifs is 3. The molecule has 0 aliphatic carbocycles. The van der Waals surface area contributed by atoms with Crippen LogP contribution < -0.4 is 5.32 Å². The quantitative estimate of drug-likeness (QED) is 0.697. The molecule has 0 aromatic carbocycles. The third kappa shape index (κ3) is 1.15. The van der Waals surface area contributed by atoms with Gasteiger partial charge in [-0.25, -0.2) is 9.97 Å². The highest BCUT2D eigenvalue weighted by Crippen LogP contribution is 2.34. The number of aromatic nitrogens is 2. The van der Waals surface area contributed by atoms with E-state index in [1.807, 2.05) is 0 Å². The standard InChI is InChI=1S/C9H8ClN3S/c10-8-7-5-3-11-2-1-6(5)14-9(7)13-4-12-8/h4,11H,1-3H2. The Kier molecular flexibility index (Phi) is 1.93. The van der Waals surface area contributed by atoms with E-state index in [1.165, 1.54) is 16.8 Å². The number of hydrogen-bond donors (Lipinski definition) is 1. The van der Waals surface area contributed by atoms with Crippen molar-refractivity contribution in [2.45, 2.75) is 13.0 Å². The van der Waals surface area contributed by atoms with Crippen LogP contribution in [-0.2, 0) is 13.0 Å². The Bertz CT molecular complexity index is 494. The van der Waals surface area contributed by atoms with Crippen LogP contribution in [0.4, 0.5) is 0 Å². The Morgan fingerprint density at radius 2 is 2.36 bits per heavy atom. The monoisotopic (exact) mass is 225 g/mol. The second-order valence-electron chi connectivity index (χ2n) is 3.28. The molecule has 0 saturated carbocycles. The smallest absolute Gasteiger partial charge is 0.141 e. The molecule has 0 unspecified atom stereocenters. The highest BCUT2D eigenvalue weighted by molar-refractivity contribution is 7.19. The molecule has 3 nitrogen and oxygen atoms in total.